The standard InChI is InChI=1S/C20H28N4O3/c1-12-15(10-11-16(25)22-14-8-6-5-7-9-14)13(2)21-18-17(12)19(26)24(4)20(27)23(18)3/h14H,5-11H2,1-4H3,(H,22,25). The minimum Gasteiger partial charge on any atom is -0.353 e. The first kappa shape index (κ1) is 19.3. The number of hydrogen-bond donors (Lipinski definition) is 1. The van der Waals surface area contributed by atoms with Gasteiger partial charge in [0.15, 0.2) is 0 Å². The number of rotatable bonds is 4. The van der Waals surface area contributed by atoms with Gasteiger partial charge in [-0.25, -0.2) is 9.78 Å². The topological polar surface area (TPSA) is 86.0 Å². The van der Waals surface area contributed by atoms with Gasteiger partial charge < -0.3 is 5.32 Å². The molecule has 3 rings (SSSR count). The maximum Gasteiger partial charge on any atom is 0.332 e. The van der Waals surface area contributed by atoms with Crippen molar-refractivity contribution in [3.8, 4) is 0 Å². The van der Waals surface area contributed by atoms with Gasteiger partial charge in [0.25, 0.3) is 5.56 Å². The van der Waals surface area contributed by atoms with Gasteiger partial charge in [0, 0.05) is 32.3 Å². The summed E-state index contributed by atoms with van der Waals surface area (Å²) in [6.45, 7) is 3.74. The van der Waals surface area contributed by atoms with Crippen LogP contribution in [-0.2, 0) is 25.3 Å². The van der Waals surface area contributed by atoms with Gasteiger partial charge in [0.1, 0.15) is 5.65 Å². The van der Waals surface area contributed by atoms with E-state index in [1.807, 2.05) is 13.8 Å². The summed E-state index contributed by atoms with van der Waals surface area (Å²) in [6, 6.07) is 0.296. The van der Waals surface area contributed by atoms with Crippen molar-refractivity contribution in [1.29, 1.82) is 0 Å². The van der Waals surface area contributed by atoms with E-state index in [1.54, 1.807) is 7.05 Å². The van der Waals surface area contributed by atoms with E-state index in [0.29, 0.717) is 29.9 Å². The first-order valence-corrected chi connectivity index (χ1v) is 9.66. The first-order valence-electron chi connectivity index (χ1n) is 9.66. The predicted molar refractivity (Wildman–Crippen MR) is 105 cm³/mol. The Hall–Kier alpha value is -2.44. The third-order valence-electron chi connectivity index (χ3n) is 5.74. The van der Waals surface area contributed by atoms with Crippen LogP contribution in [0.4, 0.5) is 0 Å². The normalized spacial score (nSPS) is 15.3. The van der Waals surface area contributed by atoms with Crippen LogP contribution in [0.5, 0.6) is 0 Å². The van der Waals surface area contributed by atoms with Gasteiger partial charge in [-0.05, 0) is 44.2 Å². The van der Waals surface area contributed by atoms with Crippen LogP contribution < -0.4 is 16.6 Å². The quantitative estimate of drug-likeness (QED) is 0.884. The Morgan fingerprint density at radius 2 is 1.78 bits per heavy atom. The summed E-state index contributed by atoms with van der Waals surface area (Å²) in [5.41, 5.74) is 2.14. The van der Waals surface area contributed by atoms with Crippen LogP contribution in [0.3, 0.4) is 0 Å². The molecule has 0 unspecified atom stereocenters. The molecule has 0 aromatic carbocycles. The molecular weight excluding hydrogens is 344 g/mol. The maximum atomic E-state index is 12.6. The summed E-state index contributed by atoms with van der Waals surface area (Å²) >= 11 is 0. The Morgan fingerprint density at radius 1 is 1.11 bits per heavy atom. The molecule has 2 aromatic heterocycles. The van der Waals surface area contributed by atoms with Crippen LogP contribution in [0, 0.1) is 13.8 Å². The fourth-order valence-corrected chi connectivity index (χ4v) is 4.09. The second-order valence-electron chi connectivity index (χ2n) is 7.61. The molecule has 1 fully saturated rings. The fourth-order valence-electron chi connectivity index (χ4n) is 4.09. The number of nitrogens with one attached hydrogen (secondary N) is 1. The lowest BCUT2D eigenvalue weighted by Crippen LogP contribution is -2.38. The highest BCUT2D eigenvalue weighted by Crippen LogP contribution is 2.21. The van der Waals surface area contributed by atoms with Gasteiger partial charge in [-0.2, -0.15) is 0 Å². The number of pyridine rings is 1. The van der Waals surface area contributed by atoms with Crippen molar-refractivity contribution in [2.24, 2.45) is 14.1 Å². The average Bonchev–Trinajstić information content (AvgIpc) is 2.64. The molecule has 1 N–H and O–H groups in total. The van der Waals surface area contributed by atoms with Crippen LogP contribution in [0.15, 0.2) is 9.59 Å². The van der Waals surface area contributed by atoms with Crippen LogP contribution in [0.1, 0.15) is 55.3 Å². The van der Waals surface area contributed by atoms with Crippen molar-refractivity contribution in [2.75, 3.05) is 0 Å². The lowest BCUT2D eigenvalue weighted by atomic mass is 9.95. The van der Waals surface area contributed by atoms with Crippen LogP contribution in [0.2, 0.25) is 0 Å². The van der Waals surface area contributed by atoms with Gasteiger partial charge in [-0.3, -0.25) is 18.7 Å². The van der Waals surface area contributed by atoms with E-state index < -0.39 is 5.69 Å². The minimum absolute atomic E-state index is 0.0501. The SMILES string of the molecule is Cc1nc2c(c(C)c1CCC(=O)NC1CCCCC1)c(=O)n(C)c(=O)n2C. The summed E-state index contributed by atoms with van der Waals surface area (Å²) in [4.78, 5) is 41.6. The van der Waals surface area contributed by atoms with Crippen molar-refractivity contribution < 1.29 is 4.79 Å². The summed E-state index contributed by atoms with van der Waals surface area (Å²) in [6.07, 6.45) is 6.64. The number of fused-ring (bicyclic) bond motifs is 1. The zero-order valence-corrected chi connectivity index (χ0v) is 16.6. The Labute approximate surface area is 158 Å². The van der Waals surface area contributed by atoms with E-state index in [-0.39, 0.29) is 11.5 Å². The molecule has 1 aliphatic carbocycles. The highest BCUT2D eigenvalue weighted by Gasteiger charge is 2.19. The van der Waals surface area contributed by atoms with Crippen molar-refractivity contribution in [3.05, 3.63) is 37.7 Å². The number of aryl methyl sites for hydroxylation is 3. The maximum absolute atomic E-state index is 12.6. The molecule has 7 heteroatoms. The molecule has 2 heterocycles. The van der Waals surface area contributed by atoms with Crippen LogP contribution in [-0.4, -0.2) is 26.1 Å². The van der Waals surface area contributed by atoms with Crippen molar-refractivity contribution in [1.82, 2.24) is 19.4 Å². The molecule has 0 spiro atoms. The molecular formula is C20H28N4O3. The molecule has 0 saturated heterocycles. The molecule has 0 bridgehead atoms. The summed E-state index contributed by atoms with van der Waals surface area (Å²) < 4.78 is 2.50. The largest absolute Gasteiger partial charge is 0.353 e. The van der Waals surface area contributed by atoms with Crippen LogP contribution >= 0.6 is 0 Å². The molecule has 1 amide bonds. The zero-order valence-electron chi connectivity index (χ0n) is 16.6. The van der Waals surface area contributed by atoms with Gasteiger partial charge in [-0.15, -0.1) is 0 Å². The van der Waals surface area contributed by atoms with E-state index >= 15 is 0 Å². The Balaban J connectivity index is 1.88. The molecule has 0 aliphatic heterocycles. The van der Waals surface area contributed by atoms with E-state index in [9.17, 15) is 14.4 Å². The van der Waals surface area contributed by atoms with E-state index in [4.69, 9.17) is 0 Å². The van der Waals surface area contributed by atoms with E-state index in [1.165, 1.54) is 30.9 Å². The lowest BCUT2D eigenvalue weighted by molar-refractivity contribution is -0.121. The third kappa shape index (κ3) is 3.68. The average molecular weight is 372 g/mol. The molecule has 0 radical (unpaired) electrons. The van der Waals surface area contributed by atoms with Gasteiger partial charge >= 0.3 is 5.69 Å². The number of carbonyl (C=O) groups excluding carboxylic acids is 1. The van der Waals surface area contributed by atoms with Gasteiger partial charge in [0.2, 0.25) is 5.91 Å². The molecule has 7 nitrogen and oxygen atoms in total. The van der Waals surface area contributed by atoms with Crippen molar-refractivity contribution >= 4 is 16.9 Å². The molecule has 146 valence electrons. The highest BCUT2D eigenvalue weighted by atomic mass is 16.2. The number of amides is 1. The first-order chi connectivity index (χ1) is 12.8. The summed E-state index contributed by atoms with van der Waals surface area (Å²) in [7, 11) is 3.09. The summed E-state index contributed by atoms with van der Waals surface area (Å²) in [5, 5.41) is 3.58. The lowest BCUT2D eigenvalue weighted by Gasteiger charge is -2.23. The second kappa shape index (κ2) is 7.66. The van der Waals surface area contributed by atoms with E-state index in [0.717, 1.165) is 34.2 Å². The molecule has 1 aliphatic rings. The third-order valence-corrected chi connectivity index (χ3v) is 5.74. The molecule has 1 saturated carbocycles. The Kier molecular flexibility index (Phi) is 5.48. The fraction of sp³-hybridized carbons (Fsp3) is 0.600. The monoisotopic (exact) mass is 372 g/mol. The molecule has 2 aromatic rings. The van der Waals surface area contributed by atoms with E-state index in [2.05, 4.69) is 10.3 Å². The predicted octanol–water partition coefficient (Wildman–Crippen LogP) is 1.63. The summed E-state index contributed by atoms with van der Waals surface area (Å²) in [5.74, 6) is 0.0501. The number of hydrogen-bond acceptors (Lipinski definition) is 4. The number of carbonyl (C=O) groups is 1. The minimum atomic E-state index is -0.390. The molecule has 0 atom stereocenters. The van der Waals surface area contributed by atoms with Gasteiger partial charge in [-0.1, -0.05) is 19.3 Å². The smallest absolute Gasteiger partial charge is 0.332 e. The Bertz CT molecular complexity index is 997. The highest BCUT2D eigenvalue weighted by molar-refractivity contribution is 5.80. The zero-order chi connectivity index (χ0) is 19.7. The number of aromatic nitrogens is 3. The van der Waals surface area contributed by atoms with Crippen LogP contribution in [0.25, 0.3) is 11.0 Å². The Morgan fingerprint density at radius 3 is 2.44 bits per heavy atom. The molecule has 27 heavy (non-hydrogen) atoms. The van der Waals surface area contributed by atoms with Gasteiger partial charge in [0.05, 0.1) is 5.39 Å². The number of nitrogens with zero attached hydrogens (tertiary/aromatic N) is 3. The van der Waals surface area contributed by atoms with Crippen molar-refractivity contribution in [2.45, 2.75) is 64.8 Å². The second-order valence-corrected chi connectivity index (χ2v) is 7.61. The van der Waals surface area contributed by atoms with Crippen molar-refractivity contribution in [3.63, 3.8) is 0 Å².